The summed E-state index contributed by atoms with van der Waals surface area (Å²) in [6.07, 6.45) is 1.89. The van der Waals surface area contributed by atoms with Gasteiger partial charge in [0.05, 0.1) is 10.6 Å². The topological polar surface area (TPSA) is 51.1 Å². The summed E-state index contributed by atoms with van der Waals surface area (Å²) in [5.74, 6) is 1.38. The average Bonchev–Trinajstić information content (AvgIpc) is 2.96. The molecule has 0 unspecified atom stereocenters. The van der Waals surface area contributed by atoms with Crippen molar-refractivity contribution in [3.05, 3.63) is 58.5 Å². The number of carbonyl (C=O) groups is 1. The van der Waals surface area contributed by atoms with Gasteiger partial charge in [-0.05, 0) is 74.0 Å². The van der Waals surface area contributed by atoms with Crippen LogP contribution in [-0.2, 0) is 4.79 Å². The Balaban J connectivity index is 1.71. The number of benzene rings is 2. The number of anilines is 1. The lowest BCUT2D eigenvalue weighted by Gasteiger charge is -2.18. The number of nitrogens with zero attached hydrogens (tertiary/aromatic N) is 2. The molecular formula is C22H22N2O3S. The second kappa shape index (κ2) is 7.72. The van der Waals surface area contributed by atoms with Crippen LogP contribution in [0.25, 0.3) is 6.08 Å². The molecule has 0 aliphatic carbocycles. The monoisotopic (exact) mass is 394 g/mol. The molecule has 0 N–H and O–H groups in total. The van der Waals surface area contributed by atoms with Crippen molar-refractivity contribution >= 4 is 34.6 Å². The second-order valence-electron chi connectivity index (χ2n) is 7.00. The molecule has 0 spiro atoms. The fourth-order valence-electron chi connectivity index (χ4n) is 3.08. The molecule has 2 aliphatic heterocycles. The number of carbonyl (C=O) groups excluding carboxylic acids is 1. The highest BCUT2D eigenvalue weighted by Crippen LogP contribution is 2.38. The van der Waals surface area contributed by atoms with E-state index in [1.54, 1.807) is 4.90 Å². The SMILES string of the molecule is Cc1cccc(N2C(=O)/C(=C/c3ccc4c(c3)OCCO4)S/C2=N\C(C)C)c1. The third kappa shape index (κ3) is 3.78. The van der Waals surface area contributed by atoms with Crippen molar-refractivity contribution < 1.29 is 14.3 Å². The zero-order chi connectivity index (χ0) is 19.7. The van der Waals surface area contributed by atoms with Crippen molar-refractivity contribution in [3.8, 4) is 11.5 Å². The summed E-state index contributed by atoms with van der Waals surface area (Å²) in [6.45, 7) is 7.13. The Morgan fingerprint density at radius 1 is 1.11 bits per heavy atom. The first-order chi connectivity index (χ1) is 13.5. The van der Waals surface area contributed by atoms with E-state index >= 15 is 0 Å². The maximum Gasteiger partial charge on any atom is 0.271 e. The van der Waals surface area contributed by atoms with E-state index < -0.39 is 0 Å². The number of thioether (sulfide) groups is 1. The molecule has 0 bridgehead atoms. The highest BCUT2D eigenvalue weighted by molar-refractivity contribution is 8.19. The van der Waals surface area contributed by atoms with E-state index in [0.717, 1.165) is 22.6 Å². The Labute approximate surface area is 169 Å². The predicted octanol–water partition coefficient (Wildman–Crippen LogP) is 4.65. The van der Waals surface area contributed by atoms with Crippen LogP contribution in [0.1, 0.15) is 25.0 Å². The maximum atomic E-state index is 13.2. The number of aliphatic imine (C=N–C) groups is 1. The Morgan fingerprint density at radius 3 is 2.64 bits per heavy atom. The van der Waals surface area contributed by atoms with Crippen molar-refractivity contribution in [1.82, 2.24) is 0 Å². The van der Waals surface area contributed by atoms with Crippen LogP contribution in [0.5, 0.6) is 11.5 Å². The molecular weight excluding hydrogens is 372 g/mol. The minimum absolute atomic E-state index is 0.0649. The van der Waals surface area contributed by atoms with Gasteiger partial charge in [0.25, 0.3) is 5.91 Å². The van der Waals surface area contributed by atoms with Crippen LogP contribution in [0.4, 0.5) is 5.69 Å². The minimum Gasteiger partial charge on any atom is -0.486 e. The molecule has 4 rings (SSSR count). The summed E-state index contributed by atoms with van der Waals surface area (Å²) < 4.78 is 11.2. The lowest BCUT2D eigenvalue weighted by atomic mass is 10.1. The van der Waals surface area contributed by atoms with Crippen LogP contribution < -0.4 is 14.4 Å². The molecule has 2 aromatic carbocycles. The van der Waals surface area contributed by atoms with Crippen molar-refractivity contribution in [2.45, 2.75) is 26.8 Å². The molecule has 2 aliphatic rings. The van der Waals surface area contributed by atoms with Crippen LogP contribution in [0.3, 0.4) is 0 Å². The first-order valence-corrected chi connectivity index (χ1v) is 10.1. The van der Waals surface area contributed by atoms with Gasteiger partial charge in [-0.15, -0.1) is 0 Å². The molecule has 28 heavy (non-hydrogen) atoms. The molecule has 1 amide bonds. The zero-order valence-electron chi connectivity index (χ0n) is 16.1. The van der Waals surface area contributed by atoms with Crippen molar-refractivity contribution in [1.29, 1.82) is 0 Å². The fraction of sp³-hybridized carbons (Fsp3) is 0.273. The number of aryl methyl sites for hydroxylation is 1. The van der Waals surface area contributed by atoms with Gasteiger partial charge in [0.15, 0.2) is 16.7 Å². The van der Waals surface area contributed by atoms with Gasteiger partial charge < -0.3 is 9.47 Å². The Morgan fingerprint density at radius 2 is 1.89 bits per heavy atom. The number of hydrogen-bond donors (Lipinski definition) is 0. The van der Waals surface area contributed by atoms with Crippen LogP contribution in [0.15, 0.2) is 52.4 Å². The molecule has 2 heterocycles. The molecule has 144 valence electrons. The summed E-state index contributed by atoms with van der Waals surface area (Å²) in [6, 6.07) is 13.7. The second-order valence-corrected chi connectivity index (χ2v) is 8.01. The van der Waals surface area contributed by atoms with Gasteiger partial charge in [0.1, 0.15) is 13.2 Å². The Hall–Kier alpha value is -2.73. The molecule has 5 nitrogen and oxygen atoms in total. The maximum absolute atomic E-state index is 13.2. The van der Waals surface area contributed by atoms with E-state index in [2.05, 4.69) is 4.99 Å². The number of fused-ring (bicyclic) bond motifs is 1. The third-order valence-corrected chi connectivity index (χ3v) is 5.28. The average molecular weight is 394 g/mol. The molecule has 6 heteroatoms. The largest absolute Gasteiger partial charge is 0.486 e. The van der Waals surface area contributed by atoms with Crippen molar-refractivity contribution in [2.75, 3.05) is 18.1 Å². The Bertz CT molecular complexity index is 981. The van der Waals surface area contributed by atoms with E-state index in [9.17, 15) is 4.79 Å². The predicted molar refractivity (Wildman–Crippen MR) is 114 cm³/mol. The summed E-state index contributed by atoms with van der Waals surface area (Å²) in [7, 11) is 0. The summed E-state index contributed by atoms with van der Waals surface area (Å²) in [4.78, 5) is 20.2. The molecule has 0 saturated carbocycles. The standard InChI is InChI=1S/C22H22N2O3S/c1-14(2)23-22-24(17-6-4-5-15(3)11-17)21(25)20(28-22)13-16-7-8-18-19(12-16)27-10-9-26-18/h4-8,11-14H,9-10H2,1-3H3/b20-13-,23-22-. The number of rotatable bonds is 3. The van der Waals surface area contributed by atoms with Gasteiger partial charge in [0.2, 0.25) is 0 Å². The van der Waals surface area contributed by atoms with Crippen LogP contribution in [0, 0.1) is 6.92 Å². The van der Waals surface area contributed by atoms with Gasteiger partial charge in [-0.3, -0.25) is 14.7 Å². The molecule has 0 aromatic heterocycles. The van der Waals surface area contributed by atoms with Gasteiger partial charge in [-0.1, -0.05) is 18.2 Å². The van der Waals surface area contributed by atoms with E-state index in [4.69, 9.17) is 9.47 Å². The van der Waals surface area contributed by atoms with Gasteiger partial charge in [-0.2, -0.15) is 0 Å². The van der Waals surface area contributed by atoms with E-state index in [-0.39, 0.29) is 11.9 Å². The highest BCUT2D eigenvalue weighted by atomic mass is 32.2. The molecule has 0 atom stereocenters. The van der Waals surface area contributed by atoms with Gasteiger partial charge in [-0.25, -0.2) is 0 Å². The van der Waals surface area contributed by atoms with E-state index in [1.165, 1.54) is 11.8 Å². The lowest BCUT2D eigenvalue weighted by Crippen LogP contribution is -2.29. The molecule has 2 aromatic rings. The first-order valence-electron chi connectivity index (χ1n) is 9.29. The molecule has 0 radical (unpaired) electrons. The smallest absolute Gasteiger partial charge is 0.271 e. The van der Waals surface area contributed by atoms with Crippen LogP contribution >= 0.6 is 11.8 Å². The number of amides is 1. The van der Waals surface area contributed by atoms with Crippen molar-refractivity contribution in [2.24, 2.45) is 4.99 Å². The minimum atomic E-state index is -0.0649. The summed E-state index contributed by atoms with van der Waals surface area (Å²) in [5.41, 5.74) is 2.83. The molecule has 1 saturated heterocycles. The first kappa shape index (κ1) is 18.6. The third-order valence-electron chi connectivity index (χ3n) is 4.30. The summed E-state index contributed by atoms with van der Waals surface area (Å²) in [5, 5.41) is 0.703. The number of hydrogen-bond acceptors (Lipinski definition) is 5. The van der Waals surface area contributed by atoms with E-state index in [0.29, 0.717) is 29.0 Å². The quantitative estimate of drug-likeness (QED) is 0.711. The fourth-order valence-corrected chi connectivity index (χ4v) is 4.19. The van der Waals surface area contributed by atoms with E-state index in [1.807, 2.05) is 69.3 Å². The van der Waals surface area contributed by atoms with Gasteiger partial charge >= 0.3 is 0 Å². The van der Waals surface area contributed by atoms with Crippen molar-refractivity contribution in [3.63, 3.8) is 0 Å². The number of amidine groups is 1. The van der Waals surface area contributed by atoms with Crippen LogP contribution in [-0.4, -0.2) is 30.3 Å². The summed E-state index contributed by atoms with van der Waals surface area (Å²) >= 11 is 1.40. The highest BCUT2D eigenvalue weighted by Gasteiger charge is 2.34. The normalized spacial score (nSPS) is 19.1. The lowest BCUT2D eigenvalue weighted by molar-refractivity contribution is -0.113. The zero-order valence-corrected chi connectivity index (χ0v) is 17.0. The van der Waals surface area contributed by atoms with Gasteiger partial charge in [0, 0.05) is 6.04 Å². The Kier molecular flexibility index (Phi) is 5.13. The number of ether oxygens (including phenoxy) is 2. The molecule has 1 fully saturated rings. The van der Waals surface area contributed by atoms with Crippen LogP contribution in [0.2, 0.25) is 0 Å².